The van der Waals surface area contributed by atoms with Crippen LogP contribution in [0.4, 0.5) is 5.69 Å². The molecule has 10 heteroatoms. The number of anilines is 1. The molecule has 1 aliphatic heterocycles. The molecule has 0 aliphatic carbocycles. The van der Waals surface area contributed by atoms with Gasteiger partial charge in [0, 0.05) is 17.0 Å². The van der Waals surface area contributed by atoms with Gasteiger partial charge in [-0.1, -0.05) is 54.1 Å². The molecule has 7 nitrogen and oxygen atoms in total. The fourth-order valence-electron chi connectivity index (χ4n) is 3.84. The minimum Gasteiger partial charge on any atom is -0.283 e. The van der Waals surface area contributed by atoms with Crippen LogP contribution in [0.2, 0.25) is 5.02 Å². The summed E-state index contributed by atoms with van der Waals surface area (Å²) in [5.41, 5.74) is 3.12. The largest absolute Gasteiger partial charge is 0.283 e. The normalized spacial score (nSPS) is 16.4. The molecule has 0 fully saturated rings. The summed E-state index contributed by atoms with van der Waals surface area (Å²) < 4.78 is 55.5. The summed E-state index contributed by atoms with van der Waals surface area (Å²) in [6.07, 6.45) is 0.280. The molecule has 0 unspecified atom stereocenters. The molecule has 0 amide bonds. The molecule has 34 heavy (non-hydrogen) atoms. The van der Waals surface area contributed by atoms with Gasteiger partial charge in [-0.3, -0.25) is 4.72 Å². The molecule has 0 saturated heterocycles. The maximum atomic E-state index is 13.6. The number of sulfonamides is 2. The van der Waals surface area contributed by atoms with E-state index in [1.165, 1.54) is 24.3 Å². The summed E-state index contributed by atoms with van der Waals surface area (Å²) in [5, 5.41) is 4.97. The average molecular weight is 518 g/mol. The second-order valence-electron chi connectivity index (χ2n) is 7.91. The lowest BCUT2D eigenvalue weighted by Crippen LogP contribution is -2.27. The van der Waals surface area contributed by atoms with Gasteiger partial charge in [0.25, 0.3) is 10.0 Å². The van der Waals surface area contributed by atoms with Crippen LogP contribution >= 0.6 is 11.6 Å². The molecule has 1 aliphatic rings. The topological polar surface area (TPSA) is 95.9 Å². The summed E-state index contributed by atoms with van der Waals surface area (Å²) in [5.74, 6) is -0.0866. The summed E-state index contributed by atoms with van der Waals surface area (Å²) in [7, 11) is -7.55. The summed E-state index contributed by atoms with van der Waals surface area (Å²) in [6, 6.07) is 19.8. The lowest BCUT2D eigenvalue weighted by atomic mass is 9.95. The molecule has 0 aromatic heterocycles. The molecule has 4 rings (SSSR count). The van der Waals surface area contributed by atoms with Crippen LogP contribution in [0, 0.1) is 6.92 Å². The van der Waals surface area contributed by atoms with Crippen LogP contribution in [0.15, 0.2) is 82.8 Å². The fourth-order valence-corrected chi connectivity index (χ4v) is 6.05. The third-order valence-electron chi connectivity index (χ3n) is 5.66. The summed E-state index contributed by atoms with van der Waals surface area (Å²) in [4.78, 5) is 0.0699. The van der Waals surface area contributed by atoms with E-state index in [4.69, 9.17) is 11.6 Å². The fraction of sp³-hybridized carbons (Fsp3) is 0.208. The zero-order chi connectivity index (χ0) is 24.5. The number of halogens is 1. The van der Waals surface area contributed by atoms with Crippen LogP contribution in [-0.2, 0) is 20.0 Å². The second-order valence-corrected chi connectivity index (χ2v) is 12.1. The Morgan fingerprint density at radius 2 is 1.62 bits per heavy atom. The molecule has 0 saturated carbocycles. The molecule has 3 aromatic rings. The van der Waals surface area contributed by atoms with Crippen LogP contribution in [-0.4, -0.2) is 32.7 Å². The first-order valence-electron chi connectivity index (χ1n) is 10.7. The van der Waals surface area contributed by atoms with Gasteiger partial charge in [0.15, 0.2) is 0 Å². The number of hydrazone groups is 1. The van der Waals surface area contributed by atoms with Crippen molar-refractivity contribution in [2.75, 3.05) is 10.5 Å². The van der Waals surface area contributed by atoms with Crippen molar-refractivity contribution in [3.05, 3.63) is 94.5 Å². The molecule has 178 valence electrons. The highest BCUT2D eigenvalue weighted by Gasteiger charge is 2.38. The number of benzene rings is 3. The van der Waals surface area contributed by atoms with E-state index in [2.05, 4.69) is 9.82 Å². The Balaban J connectivity index is 1.84. The first kappa shape index (κ1) is 24.3. The van der Waals surface area contributed by atoms with Crippen molar-refractivity contribution in [1.29, 1.82) is 0 Å². The zero-order valence-electron chi connectivity index (χ0n) is 18.6. The van der Waals surface area contributed by atoms with Crippen molar-refractivity contribution < 1.29 is 16.8 Å². The van der Waals surface area contributed by atoms with E-state index in [0.717, 1.165) is 15.5 Å². The van der Waals surface area contributed by atoms with E-state index in [1.54, 1.807) is 31.2 Å². The van der Waals surface area contributed by atoms with Gasteiger partial charge < -0.3 is 0 Å². The lowest BCUT2D eigenvalue weighted by Gasteiger charge is -2.24. The number of para-hydroxylation sites is 1. The van der Waals surface area contributed by atoms with Crippen LogP contribution in [0.3, 0.4) is 0 Å². The molecule has 1 N–H and O–H groups in total. The second kappa shape index (κ2) is 9.40. The highest BCUT2D eigenvalue weighted by molar-refractivity contribution is 7.92. The molecular weight excluding hydrogens is 494 g/mol. The van der Waals surface area contributed by atoms with Gasteiger partial charge in [-0.25, -0.2) is 8.42 Å². The van der Waals surface area contributed by atoms with Crippen molar-refractivity contribution >= 4 is 43.0 Å². The highest BCUT2D eigenvalue weighted by atomic mass is 35.5. The Morgan fingerprint density at radius 1 is 0.971 bits per heavy atom. The molecule has 0 spiro atoms. The zero-order valence-corrected chi connectivity index (χ0v) is 21.0. The molecule has 1 atom stereocenters. The smallest absolute Gasteiger partial charge is 0.279 e. The molecule has 1 heterocycles. The third-order valence-corrected chi connectivity index (χ3v) is 8.90. The molecular formula is C24H24ClN3O4S2. The minimum atomic E-state index is -4.01. The van der Waals surface area contributed by atoms with Crippen molar-refractivity contribution in [3.63, 3.8) is 0 Å². The Bertz CT molecular complexity index is 1450. The molecule has 0 radical (unpaired) electrons. The SMILES string of the molecule is CCS(=O)(=O)Nc1ccccc1C1=NN(S(=O)(=O)c2ccc(Cl)cc2)[C@@H](c2ccccc2C)C1. The van der Waals surface area contributed by atoms with Crippen LogP contribution in [0.25, 0.3) is 0 Å². The number of hydrogen-bond acceptors (Lipinski definition) is 5. The van der Waals surface area contributed by atoms with Crippen LogP contribution in [0.5, 0.6) is 0 Å². The summed E-state index contributed by atoms with van der Waals surface area (Å²) >= 11 is 5.96. The van der Waals surface area contributed by atoms with Crippen LogP contribution in [0.1, 0.15) is 36.1 Å². The van der Waals surface area contributed by atoms with E-state index < -0.39 is 26.1 Å². The Kier molecular flexibility index (Phi) is 6.71. The molecule has 3 aromatic carbocycles. The summed E-state index contributed by atoms with van der Waals surface area (Å²) in [6.45, 7) is 3.47. The van der Waals surface area contributed by atoms with E-state index in [0.29, 0.717) is 22.0 Å². The quantitative estimate of drug-likeness (QED) is 0.479. The van der Waals surface area contributed by atoms with E-state index in [1.807, 2.05) is 31.2 Å². The number of nitrogens with zero attached hydrogens (tertiary/aromatic N) is 2. The maximum Gasteiger partial charge on any atom is 0.279 e. The van der Waals surface area contributed by atoms with Crippen LogP contribution < -0.4 is 4.72 Å². The van der Waals surface area contributed by atoms with Gasteiger partial charge in [0.2, 0.25) is 10.0 Å². The van der Waals surface area contributed by atoms with Gasteiger partial charge >= 0.3 is 0 Å². The van der Waals surface area contributed by atoms with Crippen molar-refractivity contribution in [1.82, 2.24) is 4.41 Å². The third kappa shape index (κ3) is 4.82. The predicted octanol–water partition coefficient (Wildman–Crippen LogP) is 4.95. The standard InChI is InChI=1S/C24H24ClN3O4S2/c1-3-33(29,30)27-22-11-7-6-10-21(22)23-16-24(20-9-5-4-8-17(20)2)28(26-23)34(31,32)19-14-12-18(25)13-15-19/h4-15,24,27H,3,16H2,1-2H3/t24-/m1/s1. The van der Waals surface area contributed by atoms with Crippen molar-refractivity contribution in [3.8, 4) is 0 Å². The van der Waals surface area contributed by atoms with E-state index >= 15 is 0 Å². The molecule has 0 bridgehead atoms. The highest BCUT2D eigenvalue weighted by Crippen LogP contribution is 2.39. The van der Waals surface area contributed by atoms with Gasteiger partial charge in [-0.15, -0.1) is 0 Å². The Labute approximate surface area is 205 Å². The van der Waals surface area contributed by atoms with Crippen molar-refractivity contribution in [2.24, 2.45) is 5.10 Å². The van der Waals surface area contributed by atoms with Gasteiger partial charge in [0.05, 0.1) is 28.1 Å². The predicted molar refractivity (Wildman–Crippen MR) is 135 cm³/mol. The monoisotopic (exact) mass is 517 g/mol. The number of nitrogens with one attached hydrogen (secondary N) is 1. The Hall–Kier alpha value is -2.88. The van der Waals surface area contributed by atoms with Gasteiger partial charge in [-0.05, 0) is 55.3 Å². The number of aryl methyl sites for hydroxylation is 1. The van der Waals surface area contributed by atoms with Gasteiger partial charge in [-0.2, -0.15) is 17.9 Å². The Morgan fingerprint density at radius 3 is 2.29 bits per heavy atom. The first-order chi connectivity index (χ1) is 16.1. The van der Waals surface area contributed by atoms with Gasteiger partial charge in [0.1, 0.15) is 0 Å². The first-order valence-corrected chi connectivity index (χ1v) is 14.1. The number of rotatable bonds is 7. The van der Waals surface area contributed by atoms with E-state index in [9.17, 15) is 16.8 Å². The van der Waals surface area contributed by atoms with Crippen molar-refractivity contribution in [2.45, 2.75) is 31.2 Å². The minimum absolute atomic E-state index is 0.0699. The maximum absolute atomic E-state index is 13.6. The van der Waals surface area contributed by atoms with E-state index in [-0.39, 0.29) is 17.1 Å². The lowest BCUT2D eigenvalue weighted by molar-refractivity contribution is 0.370. The number of hydrogen-bond donors (Lipinski definition) is 1. The average Bonchev–Trinajstić information content (AvgIpc) is 3.26.